The Morgan fingerprint density at radius 3 is 2.56 bits per heavy atom. The molecule has 0 radical (unpaired) electrons. The number of hydrogen-bond acceptors (Lipinski definition) is 4. The molecule has 0 bridgehead atoms. The first-order valence-electron chi connectivity index (χ1n) is 13.9. The number of allylic oxidation sites excluding steroid dienone is 1. The van der Waals surface area contributed by atoms with Gasteiger partial charge in [-0.15, -0.1) is 11.3 Å². The lowest BCUT2D eigenvalue weighted by atomic mass is 9.81. The summed E-state index contributed by atoms with van der Waals surface area (Å²) in [6.07, 6.45) is 3.12. The number of hydrogen-bond donors (Lipinski definition) is 1. The van der Waals surface area contributed by atoms with Gasteiger partial charge in [0.25, 0.3) is 0 Å². The third-order valence-corrected chi connectivity index (χ3v) is 9.79. The Labute approximate surface area is 251 Å². The van der Waals surface area contributed by atoms with Crippen LogP contribution in [0.25, 0.3) is 16.8 Å². The summed E-state index contributed by atoms with van der Waals surface area (Å²) < 4.78 is 32.0. The van der Waals surface area contributed by atoms with Gasteiger partial charge in [0.15, 0.2) is 11.6 Å². The number of nitrogens with zero attached hydrogens (tertiary/aromatic N) is 1. The van der Waals surface area contributed by atoms with Gasteiger partial charge in [-0.3, -0.25) is 0 Å². The van der Waals surface area contributed by atoms with Crippen molar-refractivity contribution in [1.82, 2.24) is 9.62 Å². The van der Waals surface area contributed by atoms with Crippen molar-refractivity contribution in [1.29, 1.82) is 0 Å². The van der Waals surface area contributed by atoms with Gasteiger partial charge < -0.3 is 9.62 Å². The zero-order chi connectivity index (χ0) is 29.0. The molecule has 0 spiro atoms. The van der Waals surface area contributed by atoms with Crippen molar-refractivity contribution in [3.05, 3.63) is 131 Å². The van der Waals surface area contributed by atoms with Gasteiger partial charge in [0, 0.05) is 35.8 Å². The molecule has 1 aromatic heterocycles. The summed E-state index contributed by atoms with van der Waals surface area (Å²) in [5.74, 6) is -1.27. The zero-order valence-corrected chi connectivity index (χ0v) is 25.3. The second kappa shape index (κ2) is 12.7. The molecule has 1 aliphatic heterocycles. The van der Waals surface area contributed by atoms with Crippen LogP contribution in [0.5, 0.6) is 0 Å². The highest BCUT2D eigenvalue weighted by atomic mass is 32.2. The fourth-order valence-electron chi connectivity index (χ4n) is 5.38. The second-order valence-corrected chi connectivity index (χ2v) is 13.4. The van der Waals surface area contributed by atoms with Crippen molar-refractivity contribution in [2.45, 2.75) is 43.2 Å². The quantitative estimate of drug-likeness (QED) is 0.186. The smallest absolute Gasteiger partial charge is 0.159 e. The van der Waals surface area contributed by atoms with Crippen LogP contribution in [0.2, 0.25) is 0 Å². The van der Waals surface area contributed by atoms with Gasteiger partial charge in [0.2, 0.25) is 0 Å². The highest BCUT2D eigenvalue weighted by Crippen LogP contribution is 2.35. The van der Waals surface area contributed by atoms with E-state index < -0.39 is 11.6 Å². The summed E-state index contributed by atoms with van der Waals surface area (Å²) in [6, 6.07) is 25.1. The van der Waals surface area contributed by atoms with Crippen molar-refractivity contribution in [3.63, 3.8) is 0 Å². The molecule has 2 nitrogen and oxygen atoms in total. The number of rotatable bonds is 10. The molecule has 212 valence electrons. The van der Waals surface area contributed by atoms with Crippen LogP contribution in [-0.4, -0.2) is 18.0 Å². The van der Waals surface area contributed by atoms with Gasteiger partial charge >= 0.3 is 0 Å². The van der Waals surface area contributed by atoms with Gasteiger partial charge in [-0.2, -0.15) is 0 Å². The van der Waals surface area contributed by atoms with E-state index in [-0.39, 0.29) is 5.41 Å². The fraction of sp³-hybridized carbons (Fsp3) is 0.257. The molecule has 0 saturated carbocycles. The van der Waals surface area contributed by atoms with Crippen molar-refractivity contribution in [3.8, 4) is 11.1 Å². The summed E-state index contributed by atoms with van der Waals surface area (Å²) in [5.41, 5.74) is 7.04. The Hall–Kier alpha value is -3.35. The van der Waals surface area contributed by atoms with E-state index in [1.54, 1.807) is 29.4 Å². The molecule has 4 aromatic rings. The average Bonchev–Trinajstić information content (AvgIpc) is 3.51. The van der Waals surface area contributed by atoms with E-state index >= 15 is 0 Å². The van der Waals surface area contributed by atoms with E-state index in [1.165, 1.54) is 27.5 Å². The van der Waals surface area contributed by atoms with Crippen molar-refractivity contribution >= 4 is 29.0 Å². The van der Waals surface area contributed by atoms with Crippen LogP contribution in [-0.2, 0) is 6.42 Å². The topological polar surface area (TPSA) is 15.3 Å². The Morgan fingerprint density at radius 2 is 1.78 bits per heavy atom. The maximum absolute atomic E-state index is 13.9. The average molecular weight is 587 g/mol. The molecule has 1 atom stereocenters. The van der Waals surface area contributed by atoms with E-state index in [1.807, 2.05) is 24.3 Å². The lowest BCUT2D eigenvalue weighted by Gasteiger charge is -2.36. The Bertz CT molecular complexity index is 1530. The number of thiophene rings is 1. The van der Waals surface area contributed by atoms with Gasteiger partial charge in [0.1, 0.15) is 0 Å². The second-order valence-electron chi connectivity index (χ2n) is 11.4. The number of benzene rings is 3. The SMILES string of the molecule is C=C(c1cccc(-c2ccc(F)c(F)c2)c1)N1CCCC(c2cccc(CC(C)(C)C(=C)NSc3cccs3)c2)C1. The van der Waals surface area contributed by atoms with Crippen LogP contribution in [0.4, 0.5) is 8.78 Å². The lowest BCUT2D eigenvalue weighted by molar-refractivity contribution is 0.295. The van der Waals surface area contributed by atoms with Gasteiger partial charge in [-0.25, -0.2) is 8.78 Å². The monoisotopic (exact) mass is 586 g/mol. The molecular weight excluding hydrogens is 551 g/mol. The van der Waals surface area contributed by atoms with Crippen molar-refractivity contribution in [2.24, 2.45) is 5.41 Å². The van der Waals surface area contributed by atoms with Crippen LogP contribution in [0.15, 0.2) is 107 Å². The molecule has 41 heavy (non-hydrogen) atoms. The molecule has 1 aliphatic rings. The van der Waals surface area contributed by atoms with E-state index in [0.717, 1.165) is 54.9 Å². The van der Waals surface area contributed by atoms with Gasteiger partial charge in [0.05, 0.1) is 4.21 Å². The normalized spacial score (nSPS) is 15.5. The Kier molecular flexibility index (Phi) is 9.00. The molecule has 3 aromatic carbocycles. The van der Waals surface area contributed by atoms with Crippen LogP contribution < -0.4 is 4.72 Å². The number of likely N-dealkylation sites (tertiary alicyclic amines) is 1. The first kappa shape index (κ1) is 29.2. The predicted molar refractivity (Wildman–Crippen MR) is 171 cm³/mol. The predicted octanol–water partition coefficient (Wildman–Crippen LogP) is 9.92. The fourth-order valence-corrected chi connectivity index (χ4v) is 6.96. The highest BCUT2D eigenvalue weighted by molar-refractivity contribution is 7.99. The number of nitrogens with one attached hydrogen (secondary N) is 1. The van der Waals surface area contributed by atoms with Crippen LogP contribution in [0.1, 0.15) is 49.3 Å². The third-order valence-electron chi connectivity index (χ3n) is 7.91. The highest BCUT2D eigenvalue weighted by Gasteiger charge is 2.26. The molecule has 2 heterocycles. The first-order valence-corrected chi connectivity index (χ1v) is 15.6. The maximum atomic E-state index is 13.9. The molecule has 1 fully saturated rings. The summed E-state index contributed by atoms with van der Waals surface area (Å²) in [5, 5.41) is 2.08. The largest absolute Gasteiger partial charge is 0.371 e. The molecule has 6 heteroatoms. The van der Waals surface area contributed by atoms with Crippen LogP contribution in [0, 0.1) is 17.0 Å². The minimum atomic E-state index is -0.839. The summed E-state index contributed by atoms with van der Waals surface area (Å²) in [6.45, 7) is 15.1. The number of halogens is 2. The Balaban J connectivity index is 1.25. The van der Waals surface area contributed by atoms with Crippen LogP contribution in [0.3, 0.4) is 0 Å². The van der Waals surface area contributed by atoms with Crippen molar-refractivity contribution in [2.75, 3.05) is 13.1 Å². The molecule has 0 aliphatic carbocycles. The minimum Gasteiger partial charge on any atom is -0.371 e. The summed E-state index contributed by atoms with van der Waals surface area (Å²) in [7, 11) is 0. The molecule has 5 rings (SSSR count). The zero-order valence-electron chi connectivity index (χ0n) is 23.6. The van der Waals surface area contributed by atoms with E-state index in [4.69, 9.17) is 0 Å². The van der Waals surface area contributed by atoms with E-state index in [2.05, 4.69) is 78.4 Å². The molecule has 1 N–H and O–H groups in total. The summed E-state index contributed by atoms with van der Waals surface area (Å²) >= 11 is 3.35. The summed E-state index contributed by atoms with van der Waals surface area (Å²) in [4.78, 5) is 2.36. The third kappa shape index (κ3) is 7.11. The van der Waals surface area contributed by atoms with Crippen LogP contribution >= 0.6 is 23.3 Å². The van der Waals surface area contributed by atoms with Gasteiger partial charge in [-0.1, -0.05) is 81.6 Å². The van der Waals surface area contributed by atoms with Gasteiger partial charge in [-0.05, 0) is 88.7 Å². The van der Waals surface area contributed by atoms with E-state index in [0.29, 0.717) is 11.5 Å². The standard InChI is InChI=1S/C35H36F2N2S2/c1-24(27-10-6-12-29(20-27)30-15-16-32(36)33(37)21-30)39-17-7-13-31(23-39)28-11-5-9-26(19-28)22-35(3,4)25(2)38-41-34-14-8-18-40-34/h5-6,8-12,14-16,18-21,31,38H,1-2,7,13,17,22-23H2,3-4H3. The molecular formula is C35H36F2N2S2. The Morgan fingerprint density at radius 1 is 0.976 bits per heavy atom. The minimum absolute atomic E-state index is 0.103. The molecule has 1 saturated heterocycles. The maximum Gasteiger partial charge on any atom is 0.159 e. The number of piperidine rings is 1. The lowest BCUT2D eigenvalue weighted by Crippen LogP contribution is -2.33. The molecule has 1 unspecified atom stereocenters. The first-order chi connectivity index (χ1) is 19.7. The van der Waals surface area contributed by atoms with Crippen molar-refractivity contribution < 1.29 is 8.78 Å². The molecule has 0 amide bonds. The van der Waals surface area contributed by atoms with E-state index in [9.17, 15) is 8.78 Å².